The summed E-state index contributed by atoms with van der Waals surface area (Å²) in [7, 11) is 0. The smallest absolute Gasteiger partial charge is 0.303 e. The van der Waals surface area contributed by atoms with Crippen molar-refractivity contribution in [2.75, 3.05) is 6.54 Å². The first-order valence-electron chi connectivity index (χ1n) is 4.75. The van der Waals surface area contributed by atoms with E-state index in [1.54, 1.807) is 12.1 Å². The van der Waals surface area contributed by atoms with E-state index >= 15 is 0 Å². The Morgan fingerprint density at radius 2 is 2.27 bits per heavy atom. The zero-order valence-corrected chi connectivity index (χ0v) is 8.31. The van der Waals surface area contributed by atoms with Gasteiger partial charge in [-0.2, -0.15) is 0 Å². The van der Waals surface area contributed by atoms with Gasteiger partial charge in [0.15, 0.2) is 0 Å². The summed E-state index contributed by atoms with van der Waals surface area (Å²) in [5, 5.41) is 20.4. The van der Waals surface area contributed by atoms with Crippen molar-refractivity contribution >= 4 is 5.97 Å². The van der Waals surface area contributed by atoms with Gasteiger partial charge in [-0.05, 0) is 25.1 Å². The summed E-state index contributed by atoms with van der Waals surface area (Å²) < 4.78 is 0. The van der Waals surface area contributed by atoms with Crippen LogP contribution in [0, 0.1) is 0 Å². The van der Waals surface area contributed by atoms with Crippen molar-refractivity contribution in [1.82, 2.24) is 10.3 Å². The van der Waals surface area contributed by atoms with Gasteiger partial charge in [-0.3, -0.25) is 9.78 Å². The maximum absolute atomic E-state index is 10.2. The van der Waals surface area contributed by atoms with Crippen molar-refractivity contribution < 1.29 is 15.0 Å². The molecule has 1 aromatic heterocycles. The lowest BCUT2D eigenvalue weighted by molar-refractivity contribution is -0.137. The minimum Gasteiger partial charge on any atom is -0.506 e. The van der Waals surface area contributed by atoms with Gasteiger partial charge in [0.25, 0.3) is 0 Å². The number of hydrogen-bond acceptors (Lipinski definition) is 4. The zero-order valence-electron chi connectivity index (χ0n) is 8.31. The fourth-order valence-electron chi connectivity index (χ4n) is 1.10. The van der Waals surface area contributed by atoms with Gasteiger partial charge in [-0.25, -0.2) is 0 Å². The van der Waals surface area contributed by atoms with Crippen LogP contribution in [0.1, 0.15) is 18.5 Å². The molecule has 0 aliphatic heterocycles. The van der Waals surface area contributed by atoms with Gasteiger partial charge >= 0.3 is 5.97 Å². The van der Waals surface area contributed by atoms with E-state index < -0.39 is 5.97 Å². The Kier molecular flexibility index (Phi) is 4.56. The highest BCUT2D eigenvalue weighted by molar-refractivity contribution is 5.66. The number of aromatic nitrogens is 1. The summed E-state index contributed by atoms with van der Waals surface area (Å²) in [6.45, 7) is 1.23. The number of carboxylic acids is 1. The van der Waals surface area contributed by atoms with Crippen LogP contribution in [0.4, 0.5) is 0 Å². The Morgan fingerprint density at radius 3 is 2.87 bits per heavy atom. The predicted molar refractivity (Wildman–Crippen MR) is 54.5 cm³/mol. The molecule has 82 valence electrons. The molecular weight excluding hydrogens is 196 g/mol. The molecule has 0 aliphatic carbocycles. The van der Waals surface area contributed by atoms with E-state index in [2.05, 4.69) is 10.3 Å². The van der Waals surface area contributed by atoms with Gasteiger partial charge < -0.3 is 15.5 Å². The summed E-state index contributed by atoms with van der Waals surface area (Å²) in [5.41, 5.74) is 0.822. The monoisotopic (exact) mass is 210 g/mol. The van der Waals surface area contributed by atoms with Crippen molar-refractivity contribution in [2.45, 2.75) is 19.4 Å². The van der Waals surface area contributed by atoms with E-state index in [0.717, 1.165) is 5.69 Å². The first-order valence-corrected chi connectivity index (χ1v) is 4.75. The minimum absolute atomic E-state index is 0.143. The number of hydrogen-bond donors (Lipinski definition) is 3. The molecule has 0 amide bonds. The normalized spacial score (nSPS) is 10.1. The molecular formula is C10H14N2O3. The standard InChI is InChI=1S/C10H14N2O3/c13-9-4-3-8(12-7-9)6-11-5-1-2-10(14)15/h3-4,7,11,13H,1-2,5-6H2,(H,14,15). The molecule has 5 heteroatoms. The van der Waals surface area contributed by atoms with E-state index in [4.69, 9.17) is 10.2 Å². The van der Waals surface area contributed by atoms with Crippen molar-refractivity contribution in [3.63, 3.8) is 0 Å². The van der Waals surface area contributed by atoms with Gasteiger partial charge in [0.05, 0.1) is 11.9 Å². The van der Waals surface area contributed by atoms with Crippen LogP contribution >= 0.6 is 0 Å². The molecule has 5 nitrogen and oxygen atoms in total. The number of aliphatic carboxylic acids is 1. The lowest BCUT2D eigenvalue weighted by Gasteiger charge is -2.02. The van der Waals surface area contributed by atoms with E-state index in [-0.39, 0.29) is 12.2 Å². The molecule has 0 bridgehead atoms. The molecule has 0 aliphatic rings. The molecule has 0 fully saturated rings. The van der Waals surface area contributed by atoms with Crippen molar-refractivity contribution in [3.8, 4) is 5.75 Å². The quantitative estimate of drug-likeness (QED) is 0.603. The van der Waals surface area contributed by atoms with Crippen LogP contribution in [0.3, 0.4) is 0 Å². The third kappa shape index (κ3) is 4.97. The van der Waals surface area contributed by atoms with Crippen LogP contribution in [0.5, 0.6) is 5.75 Å². The molecule has 0 saturated heterocycles. The third-order valence-electron chi connectivity index (χ3n) is 1.86. The first kappa shape index (κ1) is 11.5. The molecule has 0 aromatic carbocycles. The van der Waals surface area contributed by atoms with Crippen molar-refractivity contribution in [2.24, 2.45) is 0 Å². The van der Waals surface area contributed by atoms with Crippen LogP contribution in [-0.4, -0.2) is 27.7 Å². The topological polar surface area (TPSA) is 82.5 Å². The van der Waals surface area contributed by atoms with Gasteiger partial charge in [0, 0.05) is 13.0 Å². The van der Waals surface area contributed by atoms with Crippen molar-refractivity contribution in [1.29, 1.82) is 0 Å². The molecule has 0 radical (unpaired) electrons. The summed E-state index contributed by atoms with van der Waals surface area (Å²) in [4.78, 5) is 14.2. The van der Waals surface area contributed by atoms with Crippen LogP contribution in [0.15, 0.2) is 18.3 Å². The average Bonchev–Trinajstić information content (AvgIpc) is 2.20. The second-order valence-electron chi connectivity index (χ2n) is 3.18. The Morgan fingerprint density at radius 1 is 1.47 bits per heavy atom. The number of aromatic hydroxyl groups is 1. The minimum atomic E-state index is -0.778. The molecule has 1 aromatic rings. The van der Waals surface area contributed by atoms with Crippen LogP contribution in [0.25, 0.3) is 0 Å². The molecule has 0 atom stereocenters. The second-order valence-corrected chi connectivity index (χ2v) is 3.18. The largest absolute Gasteiger partial charge is 0.506 e. The fourth-order valence-corrected chi connectivity index (χ4v) is 1.10. The van der Waals surface area contributed by atoms with E-state index in [9.17, 15) is 4.79 Å². The number of carboxylic acid groups (broad SMARTS) is 1. The van der Waals surface area contributed by atoms with E-state index in [0.29, 0.717) is 19.5 Å². The van der Waals surface area contributed by atoms with E-state index in [1.165, 1.54) is 6.20 Å². The molecule has 1 heterocycles. The zero-order chi connectivity index (χ0) is 11.1. The Bertz CT molecular complexity index is 311. The molecule has 1 rings (SSSR count). The maximum Gasteiger partial charge on any atom is 0.303 e. The van der Waals surface area contributed by atoms with Gasteiger partial charge in [-0.1, -0.05) is 0 Å². The summed E-state index contributed by atoms with van der Waals surface area (Å²) >= 11 is 0. The van der Waals surface area contributed by atoms with Gasteiger partial charge in [0.1, 0.15) is 5.75 Å². The van der Waals surface area contributed by atoms with Crippen LogP contribution in [0.2, 0.25) is 0 Å². The number of rotatable bonds is 6. The Labute approximate surface area is 87.8 Å². The number of carbonyl (C=O) groups is 1. The molecule has 0 unspecified atom stereocenters. The fraction of sp³-hybridized carbons (Fsp3) is 0.400. The molecule has 15 heavy (non-hydrogen) atoms. The highest BCUT2D eigenvalue weighted by Gasteiger charge is 1.97. The highest BCUT2D eigenvalue weighted by atomic mass is 16.4. The number of nitrogens with zero attached hydrogens (tertiary/aromatic N) is 1. The molecule has 0 saturated carbocycles. The lowest BCUT2D eigenvalue weighted by Crippen LogP contribution is -2.16. The summed E-state index contributed by atoms with van der Waals surface area (Å²) in [5.74, 6) is -0.635. The number of pyridine rings is 1. The van der Waals surface area contributed by atoms with Crippen LogP contribution in [-0.2, 0) is 11.3 Å². The third-order valence-corrected chi connectivity index (χ3v) is 1.86. The Balaban J connectivity index is 2.15. The summed E-state index contributed by atoms with van der Waals surface area (Å²) in [6, 6.07) is 3.29. The Hall–Kier alpha value is -1.62. The molecule has 3 N–H and O–H groups in total. The predicted octanol–water partition coefficient (Wildman–Crippen LogP) is 0.742. The van der Waals surface area contributed by atoms with Crippen LogP contribution < -0.4 is 5.32 Å². The summed E-state index contributed by atoms with van der Waals surface area (Å²) in [6.07, 6.45) is 2.16. The second kappa shape index (κ2) is 5.98. The highest BCUT2D eigenvalue weighted by Crippen LogP contribution is 2.05. The van der Waals surface area contributed by atoms with E-state index in [1.807, 2.05) is 0 Å². The lowest BCUT2D eigenvalue weighted by atomic mass is 10.3. The molecule has 0 spiro atoms. The number of nitrogens with one attached hydrogen (secondary N) is 1. The maximum atomic E-state index is 10.2. The average molecular weight is 210 g/mol. The van der Waals surface area contributed by atoms with Crippen molar-refractivity contribution in [3.05, 3.63) is 24.0 Å². The SMILES string of the molecule is O=C(O)CCCNCc1ccc(O)cn1. The van der Waals surface area contributed by atoms with Gasteiger partial charge in [0.2, 0.25) is 0 Å². The first-order chi connectivity index (χ1) is 7.18. The van der Waals surface area contributed by atoms with Gasteiger partial charge in [-0.15, -0.1) is 0 Å².